The van der Waals surface area contributed by atoms with Crippen LogP contribution in [0, 0.1) is 16.0 Å². The number of nitro benzene ring substituents is 1. The van der Waals surface area contributed by atoms with E-state index in [0.717, 1.165) is 19.3 Å². The molecule has 0 bridgehead atoms. The Bertz CT molecular complexity index is 747. The summed E-state index contributed by atoms with van der Waals surface area (Å²) in [4.78, 5) is 37.7. The highest BCUT2D eigenvalue weighted by Crippen LogP contribution is 2.29. The van der Waals surface area contributed by atoms with E-state index < -0.39 is 11.0 Å². The summed E-state index contributed by atoms with van der Waals surface area (Å²) in [6, 6.07) is 3.86. The van der Waals surface area contributed by atoms with Crippen molar-refractivity contribution in [2.24, 2.45) is 5.92 Å². The van der Waals surface area contributed by atoms with Gasteiger partial charge in [-0.1, -0.05) is 19.8 Å². The molecule has 1 heterocycles. The summed E-state index contributed by atoms with van der Waals surface area (Å²) in [5.41, 5.74) is -0.0765. The number of hydrogen-bond acceptors (Lipinski definition) is 6. The lowest BCUT2D eigenvalue weighted by molar-refractivity contribution is -0.384. The lowest BCUT2D eigenvalue weighted by atomic mass is 9.95. The Balaban J connectivity index is 1.88. The van der Waals surface area contributed by atoms with Gasteiger partial charge in [-0.05, 0) is 51.4 Å². The van der Waals surface area contributed by atoms with Gasteiger partial charge in [-0.2, -0.15) is 0 Å². The summed E-state index contributed by atoms with van der Waals surface area (Å²) in [5, 5.41) is 17.0. The van der Waals surface area contributed by atoms with E-state index in [0.29, 0.717) is 38.2 Å². The third-order valence-corrected chi connectivity index (χ3v) is 5.57. The van der Waals surface area contributed by atoms with E-state index in [1.807, 2.05) is 4.90 Å². The smallest absolute Gasteiger partial charge is 0.296 e. The summed E-state index contributed by atoms with van der Waals surface area (Å²) >= 11 is 0. The van der Waals surface area contributed by atoms with Crippen molar-refractivity contribution in [2.45, 2.75) is 52.0 Å². The second kappa shape index (κ2) is 11.5. The van der Waals surface area contributed by atoms with Crippen LogP contribution in [0.3, 0.4) is 0 Å². The summed E-state index contributed by atoms with van der Waals surface area (Å²) in [7, 11) is 1.43. The number of likely N-dealkylation sites (tertiary alicyclic amines) is 1. The number of hydrogen-bond donors (Lipinski definition) is 2. The van der Waals surface area contributed by atoms with Crippen molar-refractivity contribution in [3.05, 3.63) is 28.3 Å². The summed E-state index contributed by atoms with van der Waals surface area (Å²) in [6.07, 6.45) is 4.61. The van der Waals surface area contributed by atoms with Crippen LogP contribution >= 0.6 is 0 Å². The number of ether oxygens (including phenoxy) is 1. The minimum absolute atomic E-state index is 0.0270. The minimum Gasteiger partial charge on any atom is -0.496 e. The van der Waals surface area contributed by atoms with E-state index in [1.165, 1.54) is 19.2 Å². The number of carbonyl (C=O) groups is 2. The second-order valence-electron chi connectivity index (χ2n) is 7.61. The number of carbonyl (C=O) groups excluding carboxylic acids is 2. The van der Waals surface area contributed by atoms with Crippen molar-refractivity contribution in [3.8, 4) is 5.75 Å². The molecule has 1 saturated heterocycles. The number of methoxy groups -OCH3 is 1. The van der Waals surface area contributed by atoms with Crippen molar-refractivity contribution < 1.29 is 19.2 Å². The number of nitro groups is 1. The Morgan fingerprint density at radius 1 is 1.30 bits per heavy atom. The molecule has 1 fully saturated rings. The molecule has 1 aromatic rings. The summed E-state index contributed by atoms with van der Waals surface area (Å²) < 4.78 is 5.02. The highest BCUT2D eigenvalue weighted by molar-refractivity contribution is 5.96. The molecule has 166 valence electrons. The van der Waals surface area contributed by atoms with Crippen LogP contribution in [0.5, 0.6) is 5.75 Å². The molecule has 1 atom stereocenters. The third-order valence-electron chi connectivity index (χ3n) is 5.57. The van der Waals surface area contributed by atoms with Gasteiger partial charge in [0.25, 0.3) is 5.69 Å². The molecular weight excluding hydrogens is 388 g/mol. The molecule has 0 radical (unpaired) electrons. The van der Waals surface area contributed by atoms with Gasteiger partial charge in [0.1, 0.15) is 11.4 Å². The third kappa shape index (κ3) is 6.41. The number of piperidine rings is 1. The molecule has 0 aromatic heterocycles. The first-order chi connectivity index (χ1) is 14.4. The fourth-order valence-corrected chi connectivity index (χ4v) is 3.58. The topological polar surface area (TPSA) is 114 Å². The number of nitrogens with one attached hydrogen (secondary N) is 2. The standard InChI is InChI=1S/C21H32N4O5/c1-4-5-6-11-22-21(27)16-9-12-24(13-10-16)15(2)20(26)23-18-8-7-17(30-3)14-19(18)25(28)29/h7-8,14-16H,4-6,9-13H2,1-3H3,(H,22,27)(H,23,26). The van der Waals surface area contributed by atoms with Crippen LogP contribution in [-0.2, 0) is 9.59 Å². The molecule has 1 unspecified atom stereocenters. The molecular formula is C21H32N4O5. The van der Waals surface area contributed by atoms with Gasteiger partial charge >= 0.3 is 0 Å². The van der Waals surface area contributed by atoms with Gasteiger partial charge in [-0.25, -0.2) is 0 Å². The second-order valence-corrected chi connectivity index (χ2v) is 7.61. The molecule has 0 aliphatic carbocycles. The lowest BCUT2D eigenvalue weighted by Gasteiger charge is -2.34. The van der Waals surface area contributed by atoms with Crippen molar-refractivity contribution in [1.29, 1.82) is 0 Å². The lowest BCUT2D eigenvalue weighted by Crippen LogP contribution is -2.48. The molecule has 30 heavy (non-hydrogen) atoms. The van der Waals surface area contributed by atoms with Crippen LogP contribution < -0.4 is 15.4 Å². The molecule has 9 nitrogen and oxygen atoms in total. The fourth-order valence-electron chi connectivity index (χ4n) is 3.58. The molecule has 1 aliphatic rings. The molecule has 9 heteroatoms. The number of unbranched alkanes of at least 4 members (excludes halogenated alkanes) is 2. The van der Waals surface area contributed by atoms with Crippen molar-refractivity contribution in [3.63, 3.8) is 0 Å². The maximum Gasteiger partial charge on any atom is 0.296 e. The van der Waals surface area contributed by atoms with Gasteiger partial charge in [0.2, 0.25) is 11.8 Å². The highest BCUT2D eigenvalue weighted by Gasteiger charge is 2.30. The number of anilines is 1. The maximum atomic E-state index is 12.7. The predicted molar refractivity (Wildman–Crippen MR) is 115 cm³/mol. The molecule has 1 aliphatic heterocycles. The normalized spacial score (nSPS) is 16.0. The highest BCUT2D eigenvalue weighted by atomic mass is 16.6. The fraction of sp³-hybridized carbons (Fsp3) is 0.619. The maximum absolute atomic E-state index is 12.7. The minimum atomic E-state index is -0.548. The van der Waals surface area contributed by atoms with Crippen LogP contribution in [-0.4, -0.2) is 54.4 Å². The first kappa shape index (κ1) is 23.6. The van der Waals surface area contributed by atoms with Gasteiger partial charge in [-0.3, -0.25) is 24.6 Å². The zero-order chi connectivity index (χ0) is 22.1. The van der Waals surface area contributed by atoms with E-state index in [2.05, 4.69) is 17.6 Å². The Morgan fingerprint density at radius 2 is 2.00 bits per heavy atom. The van der Waals surface area contributed by atoms with E-state index in [1.54, 1.807) is 13.0 Å². The molecule has 0 spiro atoms. The monoisotopic (exact) mass is 420 g/mol. The zero-order valence-corrected chi connectivity index (χ0v) is 18.0. The molecule has 2 amide bonds. The SMILES string of the molecule is CCCCCNC(=O)C1CCN(C(C)C(=O)Nc2ccc(OC)cc2[N+](=O)[O-])CC1. The van der Waals surface area contributed by atoms with Gasteiger partial charge in [0.05, 0.1) is 24.1 Å². The Labute approximate surface area is 177 Å². The van der Waals surface area contributed by atoms with E-state index in [4.69, 9.17) is 4.74 Å². The average molecular weight is 421 g/mol. The quantitative estimate of drug-likeness (QED) is 0.342. The molecule has 1 aromatic carbocycles. The van der Waals surface area contributed by atoms with Gasteiger partial charge < -0.3 is 15.4 Å². The number of rotatable bonds is 10. The van der Waals surface area contributed by atoms with Crippen LogP contribution in [0.1, 0.15) is 46.0 Å². The largest absolute Gasteiger partial charge is 0.496 e. The van der Waals surface area contributed by atoms with Crippen LogP contribution in [0.4, 0.5) is 11.4 Å². The zero-order valence-electron chi connectivity index (χ0n) is 18.0. The van der Waals surface area contributed by atoms with Gasteiger partial charge in [0.15, 0.2) is 0 Å². The van der Waals surface area contributed by atoms with Crippen LogP contribution in [0.25, 0.3) is 0 Å². The average Bonchev–Trinajstić information content (AvgIpc) is 2.76. The summed E-state index contributed by atoms with van der Waals surface area (Å²) in [5.74, 6) is 0.103. The van der Waals surface area contributed by atoms with Crippen molar-refractivity contribution in [2.75, 3.05) is 32.1 Å². The van der Waals surface area contributed by atoms with E-state index in [9.17, 15) is 19.7 Å². The first-order valence-electron chi connectivity index (χ1n) is 10.5. The number of amides is 2. The van der Waals surface area contributed by atoms with E-state index in [-0.39, 0.29) is 29.1 Å². The van der Waals surface area contributed by atoms with Crippen molar-refractivity contribution in [1.82, 2.24) is 10.2 Å². The summed E-state index contributed by atoms with van der Waals surface area (Å²) in [6.45, 7) is 5.88. The number of benzene rings is 1. The van der Waals surface area contributed by atoms with Crippen LogP contribution in [0.2, 0.25) is 0 Å². The molecule has 2 N–H and O–H groups in total. The Morgan fingerprint density at radius 3 is 2.60 bits per heavy atom. The Hall–Kier alpha value is -2.68. The van der Waals surface area contributed by atoms with Gasteiger partial charge in [0, 0.05) is 12.5 Å². The first-order valence-corrected chi connectivity index (χ1v) is 10.5. The van der Waals surface area contributed by atoms with Crippen molar-refractivity contribution >= 4 is 23.2 Å². The predicted octanol–water partition coefficient (Wildman–Crippen LogP) is 2.95. The molecule has 0 saturated carbocycles. The Kier molecular flexibility index (Phi) is 9.04. The number of nitrogens with zero attached hydrogens (tertiary/aromatic N) is 2. The van der Waals surface area contributed by atoms with E-state index >= 15 is 0 Å². The van der Waals surface area contributed by atoms with Crippen LogP contribution in [0.15, 0.2) is 18.2 Å². The van der Waals surface area contributed by atoms with Gasteiger partial charge in [-0.15, -0.1) is 0 Å². The molecule has 2 rings (SSSR count).